The lowest BCUT2D eigenvalue weighted by atomic mass is 10.2. The van der Waals surface area contributed by atoms with Gasteiger partial charge in [-0.2, -0.15) is 4.98 Å². The molecule has 4 rings (SSSR count). The van der Waals surface area contributed by atoms with Crippen LogP contribution in [-0.2, 0) is 0 Å². The van der Waals surface area contributed by atoms with Gasteiger partial charge < -0.3 is 15.5 Å². The number of hydrogen-bond donors (Lipinski definition) is 2. The Kier molecular flexibility index (Phi) is 5.30. The maximum absolute atomic E-state index is 13.3. The summed E-state index contributed by atoms with van der Waals surface area (Å²) >= 11 is 5.84. The standard InChI is InChI=1S/C21H21ClFN5/c1-14-12-20(25-15-4-7-17(8-5-15)28-10-2-3-11-28)27-21(24-14)26-16-6-9-19(23)18(22)13-16/h4-9,12-13H,2-3,10-11H2,1H3,(H2,24,25,26,27). The number of rotatable bonds is 5. The van der Waals surface area contributed by atoms with E-state index in [1.165, 1.54) is 30.7 Å². The van der Waals surface area contributed by atoms with Crippen LogP contribution in [0.3, 0.4) is 0 Å². The minimum atomic E-state index is -0.461. The molecule has 1 aliphatic rings. The SMILES string of the molecule is Cc1cc(Nc2ccc(N3CCCC3)cc2)nc(Nc2ccc(F)c(Cl)c2)n1. The third-order valence-corrected chi connectivity index (χ3v) is 4.93. The highest BCUT2D eigenvalue weighted by molar-refractivity contribution is 6.31. The summed E-state index contributed by atoms with van der Waals surface area (Å²) in [5, 5.41) is 6.43. The fourth-order valence-corrected chi connectivity index (χ4v) is 3.45. The molecule has 0 atom stereocenters. The molecule has 2 N–H and O–H groups in total. The molecule has 1 saturated heterocycles. The van der Waals surface area contributed by atoms with Crippen molar-refractivity contribution in [2.45, 2.75) is 19.8 Å². The summed E-state index contributed by atoms with van der Waals surface area (Å²) in [7, 11) is 0. The quantitative estimate of drug-likeness (QED) is 0.581. The molecule has 28 heavy (non-hydrogen) atoms. The molecule has 0 saturated carbocycles. The van der Waals surface area contributed by atoms with E-state index in [0.717, 1.165) is 24.5 Å². The summed E-state index contributed by atoms with van der Waals surface area (Å²) < 4.78 is 13.3. The third-order valence-electron chi connectivity index (χ3n) is 4.64. The summed E-state index contributed by atoms with van der Waals surface area (Å²) in [6.45, 7) is 4.15. The first-order valence-electron chi connectivity index (χ1n) is 9.27. The first kappa shape index (κ1) is 18.5. The van der Waals surface area contributed by atoms with E-state index in [-0.39, 0.29) is 5.02 Å². The highest BCUT2D eigenvalue weighted by Crippen LogP contribution is 2.25. The van der Waals surface area contributed by atoms with Crippen LogP contribution in [0.1, 0.15) is 18.5 Å². The molecule has 2 heterocycles. The normalized spacial score (nSPS) is 13.6. The molecule has 2 aromatic carbocycles. The van der Waals surface area contributed by atoms with Gasteiger partial charge in [-0.15, -0.1) is 0 Å². The third kappa shape index (κ3) is 4.34. The molecule has 0 spiro atoms. The highest BCUT2D eigenvalue weighted by atomic mass is 35.5. The number of aryl methyl sites for hydroxylation is 1. The minimum Gasteiger partial charge on any atom is -0.372 e. The Morgan fingerprint density at radius 3 is 2.36 bits per heavy atom. The van der Waals surface area contributed by atoms with Crippen molar-refractivity contribution in [3.63, 3.8) is 0 Å². The van der Waals surface area contributed by atoms with Crippen LogP contribution in [0.4, 0.5) is 33.2 Å². The number of nitrogens with zero attached hydrogens (tertiary/aromatic N) is 3. The van der Waals surface area contributed by atoms with Crippen LogP contribution in [-0.4, -0.2) is 23.1 Å². The Bertz CT molecular complexity index is 971. The molecule has 0 amide bonds. The molecule has 0 aliphatic carbocycles. The maximum atomic E-state index is 13.3. The van der Waals surface area contributed by atoms with Crippen molar-refractivity contribution >= 4 is 40.4 Å². The zero-order valence-electron chi connectivity index (χ0n) is 15.5. The van der Waals surface area contributed by atoms with E-state index in [1.54, 1.807) is 6.07 Å². The summed E-state index contributed by atoms with van der Waals surface area (Å²) in [6.07, 6.45) is 2.52. The Morgan fingerprint density at radius 1 is 0.929 bits per heavy atom. The fourth-order valence-electron chi connectivity index (χ4n) is 3.27. The number of anilines is 5. The van der Waals surface area contributed by atoms with Gasteiger partial charge in [0.05, 0.1) is 5.02 Å². The summed E-state index contributed by atoms with van der Waals surface area (Å²) in [4.78, 5) is 11.3. The van der Waals surface area contributed by atoms with Gasteiger partial charge in [-0.05, 0) is 62.2 Å². The molecule has 7 heteroatoms. The van der Waals surface area contributed by atoms with E-state index >= 15 is 0 Å². The van der Waals surface area contributed by atoms with Gasteiger partial charge >= 0.3 is 0 Å². The van der Waals surface area contributed by atoms with Gasteiger partial charge in [-0.3, -0.25) is 0 Å². The van der Waals surface area contributed by atoms with Crippen LogP contribution in [0.15, 0.2) is 48.5 Å². The van der Waals surface area contributed by atoms with Gasteiger partial charge in [0.1, 0.15) is 11.6 Å². The first-order chi connectivity index (χ1) is 13.6. The van der Waals surface area contributed by atoms with E-state index in [1.807, 2.05) is 13.0 Å². The second kappa shape index (κ2) is 8.02. The van der Waals surface area contributed by atoms with Crippen LogP contribution in [0.5, 0.6) is 0 Å². The van der Waals surface area contributed by atoms with E-state index in [2.05, 4.69) is 49.8 Å². The van der Waals surface area contributed by atoms with Crippen LogP contribution in [0.2, 0.25) is 5.02 Å². The van der Waals surface area contributed by atoms with E-state index in [4.69, 9.17) is 11.6 Å². The van der Waals surface area contributed by atoms with Crippen molar-refractivity contribution in [2.24, 2.45) is 0 Å². The molecule has 0 unspecified atom stereocenters. The Hall–Kier alpha value is -2.86. The number of aromatic nitrogens is 2. The van der Waals surface area contributed by atoms with Crippen molar-refractivity contribution < 1.29 is 4.39 Å². The van der Waals surface area contributed by atoms with Crippen molar-refractivity contribution in [1.29, 1.82) is 0 Å². The average Bonchev–Trinajstić information content (AvgIpc) is 3.20. The summed E-state index contributed by atoms with van der Waals surface area (Å²) in [5.74, 6) is 0.633. The lowest BCUT2D eigenvalue weighted by Crippen LogP contribution is -2.17. The largest absolute Gasteiger partial charge is 0.372 e. The van der Waals surface area contributed by atoms with Crippen LogP contribution in [0, 0.1) is 12.7 Å². The molecule has 3 aromatic rings. The zero-order valence-corrected chi connectivity index (χ0v) is 16.3. The van der Waals surface area contributed by atoms with Crippen LogP contribution < -0.4 is 15.5 Å². The lowest BCUT2D eigenvalue weighted by Gasteiger charge is -2.18. The summed E-state index contributed by atoms with van der Waals surface area (Å²) in [6, 6.07) is 14.6. The van der Waals surface area contributed by atoms with Crippen molar-refractivity contribution in [3.8, 4) is 0 Å². The Balaban J connectivity index is 1.49. The first-order valence-corrected chi connectivity index (χ1v) is 9.64. The second-order valence-electron chi connectivity index (χ2n) is 6.84. The predicted octanol–water partition coefficient (Wildman–Crippen LogP) is 5.66. The molecule has 144 valence electrons. The zero-order chi connectivity index (χ0) is 19.5. The van der Waals surface area contributed by atoms with Crippen molar-refractivity contribution in [1.82, 2.24) is 9.97 Å². The molecule has 1 aliphatic heterocycles. The number of hydrogen-bond acceptors (Lipinski definition) is 5. The van der Waals surface area contributed by atoms with Crippen LogP contribution in [0.25, 0.3) is 0 Å². The monoisotopic (exact) mass is 397 g/mol. The Morgan fingerprint density at radius 2 is 1.64 bits per heavy atom. The average molecular weight is 398 g/mol. The van der Waals surface area contributed by atoms with Crippen LogP contribution >= 0.6 is 11.6 Å². The minimum absolute atomic E-state index is 0.0501. The molecule has 0 radical (unpaired) electrons. The van der Waals surface area contributed by atoms with Gasteiger partial charge in [-0.25, -0.2) is 9.37 Å². The molecule has 1 aromatic heterocycles. The summed E-state index contributed by atoms with van der Waals surface area (Å²) in [5.41, 5.74) is 3.63. The van der Waals surface area contributed by atoms with Crippen molar-refractivity contribution in [3.05, 3.63) is 65.1 Å². The lowest BCUT2D eigenvalue weighted by molar-refractivity contribution is 0.628. The van der Waals surface area contributed by atoms with Gasteiger partial charge in [-0.1, -0.05) is 11.6 Å². The number of halogens is 2. The van der Waals surface area contributed by atoms with Gasteiger partial charge in [0.25, 0.3) is 0 Å². The molecule has 5 nitrogen and oxygen atoms in total. The van der Waals surface area contributed by atoms with E-state index in [0.29, 0.717) is 17.5 Å². The highest BCUT2D eigenvalue weighted by Gasteiger charge is 2.12. The smallest absolute Gasteiger partial charge is 0.229 e. The molecular weight excluding hydrogens is 377 g/mol. The number of benzene rings is 2. The fraction of sp³-hybridized carbons (Fsp3) is 0.238. The predicted molar refractivity (Wildman–Crippen MR) is 113 cm³/mol. The van der Waals surface area contributed by atoms with Crippen molar-refractivity contribution in [2.75, 3.05) is 28.6 Å². The maximum Gasteiger partial charge on any atom is 0.229 e. The van der Waals surface area contributed by atoms with Gasteiger partial charge in [0, 0.05) is 41.9 Å². The second-order valence-corrected chi connectivity index (χ2v) is 7.25. The number of nitrogens with one attached hydrogen (secondary N) is 2. The molecule has 1 fully saturated rings. The molecule has 0 bridgehead atoms. The van der Waals surface area contributed by atoms with Gasteiger partial charge in [0.15, 0.2) is 0 Å². The van der Waals surface area contributed by atoms with E-state index in [9.17, 15) is 4.39 Å². The van der Waals surface area contributed by atoms with E-state index < -0.39 is 5.82 Å². The van der Waals surface area contributed by atoms with Gasteiger partial charge in [0.2, 0.25) is 5.95 Å². The molecular formula is C21H21ClFN5. The topological polar surface area (TPSA) is 53.1 Å². The Labute approximate surface area is 168 Å².